The molecule has 128 valence electrons. The number of nitrogens with one attached hydrogen (secondary N) is 1. The molecule has 0 unspecified atom stereocenters. The van der Waals surface area contributed by atoms with Crippen LogP contribution in [0.2, 0.25) is 0 Å². The van der Waals surface area contributed by atoms with Crippen LogP contribution in [-0.4, -0.2) is 37.7 Å². The lowest BCUT2D eigenvalue weighted by Crippen LogP contribution is -2.39. The van der Waals surface area contributed by atoms with Gasteiger partial charge in [0.05, 0.1) is 6.54 Å². The summed E-state index contributed by atoms with van der Waals surface area (Å²) in [5, 5.41) is 2.94. The summed E-state index contributed by atoms with van der Waals surface area (Å²) < 4.78 is 5.72. The molecule has 0 aromatic heterocycles. The number of urea groups is 1. The van der Waals surface area contributed by atoms with Crippen LogP contribution in [-0.2, 0) is 6.42 Å². The number of hydrogen-bond acceptors (Lipinski definition) is 2. The molecule has 0 aliphatic rings. The maximum atomic E-state index is 12.0. The van der Waals surface area contributed by atoms with Crippen molar-refractivity contribution in [1.29, 1.82) is 0 Å². The highest BCUT2D eigenvalue weighted by atomic mass is 16.5. The molecule has 24 heavy (non-hydrogen) atoms. The Kier molecular flexibility index (Phi) is 7.15. The summed E-state index contributed by atoms with van der Waals surface area (Å²) in [4.78, 5) is 13.7. The van der Waals surface area contributed by atoms with Crippen molar-refractivity contribution < 1.29 is 9.53 Å². The number of benzene rings is 2. The molecule has 0 atom stereocenters. The summed E-state index contributed by atoms with van der Waals surface area (Å²) in [6.07, 6.45) is 1.91. The minimum absolute atomic E-state index is 0.0588. The van der Waals surface area contributed by atoms with E-state index in [0.29, 0.717) is 19.7 Å². The number of hydrogen-bond donors (Lipinski definition) is 1. The van der Waals surface area contributed by atoms with E-state index in [0.717, 1.165) is 24.2 Å². The largest absolute Gasteiger partial charge is 0.491 e. The molecule has 0 saturated heterocycles. The highest BCUT2D eigenvalue weighted by Gasteiger charge is 2.08. The molecule has 2 aromatic rings. The summed E-state index contributed by atoms with van der Waals surface area (Å²) in [6, 6.07) is 18.1. The van der Waals surface area contributed by atoms with Crippen molar-refractivity contribution in [3.05, 3.63) is 65.7 Å². The minimum Gasteiger partial charge on any atom is -0.491 e. The lowest BCUT2D eigenvalue weighted by atomic mass is 10.1. The van der Waals surface area contributed by atoms with Crippen molar-refractivity contribution in [2.45, 2.75) is 19.8 Å². The van der Waals surface area contributed by atoms with Gasteiger partial charge in [-0.05, 0) is 37.0 Å². The van der Waals surface area contributed by atoms with Gasteiger partial charge in [0.2, 0.25) is 0 Å². The van der Waals surface area contributed by atoms with Crippen LogP contribution < -0.4 is 10.1 Å². The molecule has 0 bridgehead atoms. The highest BCUT2D eigenvalue weighted by Crippen LogP contribution is 2.15. The second kappa shape index (κ2) is 9.60. The van der Waals surface area contributed by atoms with Crippen LogP contribution in [0.5, 0.6) is 5.75 Å². The Morgan fingerprint density at radius 3 is 2.54 bits per heavy atom. The van der Waals surface area contributed by atoms with Crippen LogP contribution in [0, 0.1) is 6.92 Å². The van der Waals surface area contributed by atoms with Gasteiger partial charge in [-0.3, -0.25) is 0 Å². The second-order valence-electron chi connectivity index (χ2n) is 5.86. The first kappa shape index (κ1) is 17.9. The van der Waals surface area contributed by atoms with E-state index in [9.17, 15) is 4.79 Å². The maximum absolute atomic E-state index is 12.0. The summed E-state index contributed by atoms with van der Waals surface area (Å²) >= 11 is 0. The van der Waals surface area contributed by atoms with Crippen molar-refractivity contribution >= 4 is 6.03 Å². The third kappa shape index (κ3) is 5.95. The molecular formula is C20H26N2O2. The van der Waals surface area contributed by atoms with E-state index in [2.05, 4.69) is 17.4 Å². The number of rotatable bonds is 8. The van der Waals surface area contributed by atoms with E-state index in [1.54, 1.807) is 11.9 Å². The van der Waals surface area contributed by atoms with Gasteiger partial charge in [0.1, 0.15) is 12.4 Å². The number of amides is 2. The van der Waals surface area contributed by atoms with Gasteiger partial charge in [-0.15, -0.1) is 0 Å². The van der Waals surface area contributed by atoms with E-state index in [1.165, 1.54) is 5.56 Å². The molecule has 2 rings (SSSR count). The van der Waals surface area contributed by atoms with E-state index < -0.39 is 0 Å². The zero-order valence-corrected chi connectivity index (χ0v) is 14.5. The van der Waals surface area contributed by atoms with Gasteiger partial charge < -0.3 is 15.0 Å². The van der Waals surface area contributed by atoms with Crippen LogP contribution >= 0.6 is 0 Å². The van der Waals surface area contributed by atoms with Gasteiger partial charge in [-0.2, -0.15) is 0 Å². The summed E-state index contributed by atoms with van der Waals surface area (Å²) in [7, 11) is 1.79. The van der Waals surface area contributed by atoms with Gasteiger partial charge in [0.15, 0.2) is 0 Å². The van der Waals surface area contributed by atoms with Crippen LogP contribution in [0.4, 0.5) is 4.79 Å². The lowest BCUT2D eigenvalue weighted by molar-refractivity contribution is 0.195. The molecule has 0 aliphatic carbocycles. The average Bonchev–Trinajstić information content (AvgIpc) is 2.61. The first-order valence-corrected chi connectivity index (χ1v) is 8.38. The van der Waals surface area contributed by atoms with Crippen molar-refractivity contribution in [2.24, 2.45) is 0 Å². The van der Waals surface area contributed by atoms with Crippen molar-refractivity contribution in [3.8, 4) is 5.75 Å². The maximum Gasteiger partial charge on any atom is 0.317 e. The smallest absolute Gasteiger partial charge is 0.317 e. The first-order valence-electron chi connectivity index (χ1n) is 8.38. The Morgan fingerprint density at radius 2 is 1.79 bits per heavy atom. The Hall–Kier alpha value is -2.49. The minimum atomic E-state index is -0.0588. The predicted octanol–water partition coefficient (Wildman–Crippen LogP) is 3.65. The van der Waals surface area contributed by atoms with Gasteiger partial charge in [0.25, 0.3) is 0 Å². The molecule has 0 radical (unpaired) electrons. The molecular weight excluding hydrogens is 300 g/mol. The van der Waals surface area contributed by atoms with Crippen LogP contribution in [0.15, 0.2) is 54.6 Å². The SMILES string of the molecule is Cc1ccccc1OCCN(C)C(=O)NCCCc1ccccc1. The number of para-hydroxylation sites is 1. The number of carbonyl (C=O) groups is 1. The predicted molar refractivity (Wildman–Crippen MR) is 97.5 cm³/mol. The molecule has 2 amide bonds. The van der Waals surface area contributed by atoms with Crippen molar-refractivity contribution in [2.75, 3.05) is 26.7 Å². The van der Waals surface area contributed by atoms with Crippen LogP contribution in [0.1, 0.15) is 17.5 Å². The van der Waals surface area contributed by atoms with E-state index in [4.69, 9.17) is 4.74 Å². The number of carbonyl (C=O) groups excluding carboxylic acids is 1. The Morgan fingerprint density at radius 1 is 1.08 bits per heavy atom. The van der Waals surface area contributed by atoms with Gasteiger partial charge in [-0.25, -0.2) is 4.79 Å². The Balaban J connectivity index is 1.61. The second-order valence-corrected chi connectivity index (χ2v) is 5.86. The number of ether oxygens (including phenoxy) is 1. The normalized spacial score (nSPS) is 10.2. The zero-order valence-electron chi connectivity index (χ0n) is 14.5. The third-order valence-corrected chi connectivity index (χ3v) is 3.89. The van der Waals surface area contributed by atoms with Gasteiger partial charge >= 0.3 is 6.03 Å². The lowest BCUT2D eigenvalue weighted by Gasteiger charge is -2.18. The summed E-state index contributed by atoms with van der Waals surface area (Å²) in [5.74, 6) is 0.870. The van der Waals surface area contributed by atoms with Crippen LogP contribution in [0.25, 0.3) is 0 Å². The fourth-order valence-corrected chi connectivity index (χ4v) is 2.38. The molecule has 0 heterocycles. The van der Waals surface area contributed by atoms with E-state index >= 15 is 0 Å². The number of nitrogens with zero attached hydrogens (tertiary/aromatic N) is 1. The Labute approximate surface area is 144 Å². The van der Waals surface area contributed by atoms with E-state index in [-0.39, 0.29) is 6.03 Å². The molecule has 0 aliphatic heterocycles. The number of aryl methyl sites for hydroxylation is 2. The fraction of sp³-hybridized carbons (Fsp3) is 0.350. The molecule has 0 fully saturated rings. The van der Waals surface area contributed by atoms with Crippen LogP contribution in [0.3, 0.4) is 0 Å². The molecule has 0 saturated carbocycles. The monoisotopic (exact) mass is 326 g/mol. The zero-order chi connectivity index (χ0) is 17.2. The fourth-order valence-electron chi connectivity index (χ4n) is 2.38. The molecule has 4 heteroatoms. The van der Waals surface area contributed by atoms with Gasteiger partial charge in [0, 0.05) is 13.6 Å². The highest BCUT2D eigenvalue weighted by molar-refractivity contribution is 5.73. The molecule has 4 nitrogen and oxygen atoms in total. The third-order valence-electron chi connectivity index (χ3n) is 3.89. The molecule has 1 N–H and O–H groups in total. The van der Waals surface area contributed by atoms with Crippen molar-refractivity contribution in [1.82, 2.24) is 10.2 Å². The topological polar surface area (TPSA) is 41.6 Å². The number of likely N-dealkylation sites (N-methyl/N-ethyl adjacent to an activating group) is 1. The summed E-state index contributed by atoms with van der Waals surface area (Å²) in [6.45, 7) is 3.73. The van der Waals surface area contributed by atoms with Crippen molar-refractivity contribution in [3.63, 3.8) is 0 Å². The first-order chi connectivity index (χ1) is 11.7. The van der Waals surface area contributed by atoms with Gasteiger partial charge in [-0.1, -0.05) is 48.5 Å². The molecule has 2 aromatic carbocycles. The average molecular weight is 326 g/mol. The molecule has 0 spiro atoms. The quantitative estimate of drug-likeness (QED) is 0.752. The summed E-state index contributed by atoms with van der Waals surface area (Å²) in [5.41, 5.74) is 2.40. The standard InChI is InChI=1S/C20H26N2O2/c1-17-9-6-7-13-19(17)24-16-15-22(2)20(23)21-14-8-12-18-10-4-3-5-11-18/h3-7,9-11,13H,8,12,14-16H2,1-2H3,(H,21,23). The van der Waals surface area contributed by atoms with E-state index in [1.807, 2.05) is 49.4 Å². The Bertz CT molecular complexity index is 629.